The molecule has 0 aliphatic carbocycles. The third-order valence-corrected chi connectivity index (χ3v) is 4.45. The van der Waals surface area contributed by atoms with E-state index in [9.17, 15) is 5.11 Å². The van der Waals surface area contributed by atoms with E-state index in [1.54, 1.807) is 0 Å². The quantitative estimate of drug-likeness (QED) is 0.751. The highest BCUT2D eigenvalue weighted by atomic mass is 32.2. The van der Waals surface area contributed by atoms with Crippen molar-refractivity contribution in [2.75, 3.05) is 12.4 Å². The van der Waals surface area contributed by atoms with Crippen LogP contribution >= 0.6 is 11.8 Å². The molecule has 23 heavy (non-hydrogen) atoms. The largest absolute Gasteiger partial charge is 0.390 e. The SMILES string of the molecule is CCn1c(SCC(O)COC(C)C)nnc1-c1cccc(C)c1. The van der Waals surface area contributed by atoms with Crippen LogP contribution in [0.4, 0.5) is 0 Å². The summed E-state index contributed by atoms with van der Waals surface area (Å²) in [4.78, 5) is 0. The maximum atomic E-state index is 9.98. The van der Waals surface area contributed by atoms with Gasteiger partial charge in [0, 0.05) is 17.9 Å². The van der Waals surface area contributed by atoms with Gasteiger partial charge in [0.05, 0.1) is 18.8 Å². The number of aromatic nitrogens is 3. The van der Waals surface area contributed by atoms with Crippen LogP contribution in [0.1, 0.15) is 26.3 Å². The topological polar surface area (TPSA) is 60.2 Å². The van der Waals surface area contributed by atoms with Gasteiger partial charge in [-0.25, -0.2) is 0 Å². The molecule has 0 radical (unpaired) electrons. The molecule has 6 heteroatoms. The first-order chi connectivity index (χ1) is 11.0. The van der Waals surface area contributed by atoms with Gasteiger partial charge in [0.2, 0.25) is 0 Å². The Hall–Kier alpha value is -1.37. The smallest absolute Gasteiger partial charge is 0.191 e. The summed E-state index contributed by atoms with van der Waals surface area (Å²) in [6.07, 6.45) is -0.381. The zero-order valence-electron chi connectivity index (χ0n) is 14.2. The molecule has 1 unspecified atom stereocenters. The van der Waals surface area contributed by atoms with Crippen molar-refractivity contribution in [1.29, 1.82) is 0 Å². The Bertz CT molecular complexity index is 628. The lowest BCUT2D eigenvalue weighted by Crippen LogP contribution is -2.20. The van der Waals surface area contributed by atoms with Crippen molar-refractivity contribution in [3.8, 4) is 11.4 Å². The van der Waals surface area contributed by atoms with Crippen LogP contribution in [0.3, 0.4) is 0 Å². The van der Waals surface area contributed by atoms with Crippen molar-refractivity contribution in [1.82, 2.24) is 14.8 Å². The van der Waals surface area contributed by atoms with E-state index in [1.807, 2.05) is 26.0 Å². The first-order valence-electron chi connectivity index (χ1n) is 7.94. The van der Waals surface area contributed by atoms with E-state index in [1.165, 1.54) is 17.3 Å². The zero-order valence-corrected chi connectivity index (χ0v) is 15.0. The van der Waals surface area contributed by atoms with Gasteiger partial charge in [-0.15, -0.1) is 10.2 Å². The summed E-state index contributed by atoms with van der Waals surface area (Å²) in [5, 5.41) is 19.4. The third-order valence-electron chi connectivity index (χ3n) is 3.34. The van der Waals surface area contributed by atoms with Crippen LogP contribution in [0.2, 0.25) is 0 Å². The third kappa shape index (κ3) is 5.06. The van der Waals surface area contributed by atoms with Gasteiger partial charge in [-0.05, 0) is 33.8 Å². The maximum absolute atomic E-state index is 9.98. The molecule has 0 saturated carbocycles. The molecule has 0 saturated heterocycles. The fourth-order valence-corrected chi connectivity index (χ4v) is 3.11. The monoisotopic (exact) mass is 335 g/mol. The fourth-order valence-electron chi connectivity index (χ4n) is 2.20. The van der Waals surface area contributed by atoms with Crippen LogP contribution in [0.5, 0.6) is 0 Å². The van der Waals surface area contributed by atoms with Crippen molar-refractivity contribution in [2.45, 2.75) is 51.6 Å². The number of aryl methyl sites for hydroxylation is 1. The summed E-state index contributed by atoms with van der Waals surface area (Å²) < 4.78 is 7.51. The molecule has 1 aromatic carbocycles. The summed E-state index contributed by atoms with van der Waals surface area (Å²) in [7, 11) is 0. The van der Waals surface area contributed by atoms with E-state index < -0.39 is 6.10 Å². The molecule has 0 aliphatic heterocycles. The molecule has 1 heterocycles. The van der Waals surface area contributed by atoms with E-state index in [0.717, 1.165) is 23.1 Å². The number of benzene rings is 1. The van der Waals surface area contributed by atoms with Crippen LogP contribution in [0, 0.1) is 6.92 Å². The maximum Gasteiger partial charge on any atom is 0.191 e. The second-order valence-corrected chi connectivity index (χ2v) is 6.75. The van der Waals surface area contributed by atoms with Gasteiger partial charge in [0.15, 0.2) is 11.0 Å². The highest BCUT2D eigenvalue weighted by molar-refractivity contribution is 7.99. The number of hydrogen-bond acceptors (Lipinski definition) is 5. The molecule has 2 rings (SSSR count). The van der Waals surface area contributed by atoms with Crippen LogP contribution in [0.25, 0.3) is 11.4 Å². The van der Waals surface area contributed by atoms with Crippen molar-refractivity contribution in [2.24, 2.45) is 0 Å². The summed E-state index contributed by atoms with van der Waals surface area (Å²) in [6, 6.07) is 8.24. The predicted octanol–water partition coefficient (Wildman–Crippen LogP) is 3.15. The molecule has 1 aromatic heterocycles. The van der Waals surface area contributed by atoms with Crippen molar-refractivity contribution < 1.29 is 9.84 Å². The number of aliphatic hydroxyl groups excluding tert-OH is 1. The number of rotatable bonds is 8. The van der Waals surface area contributed by atoms with E-state index in [-0.39, 0.29) is 6.10 Å². The van der Waals surface area contributed by atoms with Crippen molar-refractivity contribution >= 4 is 11.8 Å². The lowest BCUT2D eigenvalue weighted by molar-refractivity contribution is 0.0152. The number of thioether (sulfide) groups is 1. The molecule has 0 bridgehead atoms. The van der Waals surface area contributed by atoms with Crippen LogP contribution in [-0.2, 0) is 11.3 Å². The van der Waals surface area contributed by atoms with Gasteiger partial charge < -0.3 is 14.4 Å². The average molecular weight is 335 g/mol. The Morgan fingerprint density at radius 3 is 2.74 bits per heavy atom. The van der Waals surface area contributed by atoms with E-state index in [0.29, 0.717) is 12.4 Å². The molecule has 1 N–H and O–H groups in total. The number of hydrogen-bond donors (Lipinski definition) is 1. The summed E-state index contributed by atoms with van der Waals surface area (Å²) in [5.74, 6) is 1.41. The van der Waals surface area contributed by atoms with E-state index in [4.69, 9.17) is 4.74 Å². The molecule has 1 atom stereocenters. The molecule has 0 fully saturated rings. The number of nitrogens with zero attached hydrogens (tertiary/aromatic N) is 3. The van der Waals surface area contributed by atoms with Gasteiger partial charge in [-0.2, -0.15) is 0 Å². The summed E-state index contributed by atoms with van der Waals surface area (Å²) in [6.45, 7) is 9.19. The lowest BCUT2D eigenvalue weighted by atomic mass is 10.1. The lowest BCUT2D eigenvalue weighted by Gasteiger charge is -2.13. The molecule has 5 nitrogen and oxygen atoms in total. The minimum Gasteiger partial charge on any atom is -0.390 e. The molecule has 0 amide bonds. The van der Waals surface area contributed by atoms with Crippen molar-refractivity contribution in [3.63, 3.8) is 0 Å². The van der Waals surface area contributed by atoms with Gasteiger partial charge in [-0.1, -0.05) is 35.5 Å². The van der Waals surface area contributed by atoms with Gasteiger partial charge in [0.1, 0.15) is 0 Å². The Morgan fingerprint density at radius 2 is 2.09 bits per heavy atom. The first kappa shape index (κ1) is 18.0. The zero-order chi connectivity index (χ0) is 16.8. The first-order valence-corrected chi connectivity index (χ1v) is 8.92. The number of aliphatic hydroxyl groups is 1. The fraction of sp³-hybridized carbons (Fsp3) is 0.529. The molecule has 0 aliphatic rings. The minimum atomic E-state index is -0.508. The molecule has 0 spiro atoms. The second kappa shape index (κ2) is 8.47. The minimum absolute atomic E-state index is 0.127. The molecule has 126 valence electrons. The van der Waals surface area contributed by atoms with E-state index >= 15 is 0 Å². The Kier molecular flexibility index (Phi) is 6.62. The van der Waals surface area contributed by atoms with E-state index in [2.05, 4.69) is 40.7 Å². The predicted molar refractivity (Wildman–Crippen MR) is 93.7 cm³/mol. The molecular weight excluding hydrogens is 310 g/mol. The Morgan fingerprint density at radius 1 is 1.30 bits per heavy atom. The molecule has 2 aromatic rings. The standard InChI is InChI=1S/C17H25N3O2S/c1-5-20-16(14-8-6-7-13(4)9-14)18-19-17(20)23-11-15(21)10-22-12(2)3/h6-9,12,15,21H,5,10-11H2,1-4H3. The van der Waals surface area contributed by atoms with Crippen LogP contribution < -0.4 is 0 Å². The average Bonchev–Trinajstić information content (AvgIpc) is 2.93. The summed E-state index contributed by atoms with van der Waals surface area (Å²) >= 11 is 1.51. The van der Waals surface area contributed by atoms with Gasteiger partial charge in [0.25, 0.3) is 0 Å². The van der Waals surface area contributed by atoms with Crippen molar-refractivity contribution in [3.05, 3.63) is 29.8 Å². The van der Waals surface area contributed by atoms with Gasteiger partial charge >= 0.3 is 0 Å². The van der Waals surface area contributed by atoms with Crippen LogP contribution in [0.15, 0.2) is 29.4 Å². The number of ether oxygens (including phenoxy) is 1. The highest BCUT2D eigenvalue weighted by Gasteiger charge is 2.15. The Balaban J connectivity index is 2.06. The Labute approximate surface area is 142 Å². The highest BCUT2D eigenvalue weighted by Crippen LogP contribution is 2.25. The molecular formula is C17H25N3O2S. The van der Waals surface area contributed by atoms with Crippen LogP contribution in [-0.4, -0.2) is 44.4 Å². The van der Waals surface area contributed by atoms with Gasteiger partial charge in [-0.3, -0.25) is 0 Å². The normalized spacial score (nSPS) is 12.8. The summed E-state index contributed by atoms with van der Waals surface area (Å²) in [5.41, 5.74) is 2.26. The second-order valence-electron chi connectivity index (χ2n) is 5.77.